The molecule has 5 heteroatoms. The molecule has 150 valence electrons. The van der Waals surface area contributed by atoms with Crippen LogP contribution in [-0.2, 0) is 4.74 Å². The summed E-state index contributed by atoms with van der Waals surface area (Å²) in [4.78, 5) is 7.03. The maximum atomic E-state index is 6.12. The molecule has 0 saturated carbocycles. The zero-order chi connectivity index (χ0) is 18.9. The van der Waals surface area contributed by atoms with E-state index in [1.54, 1.807) is 0 Å². The van der Waals surface area contributed by atoms with Gasteiger partial charge in [-0.25, -0.2) is 0 Å². The largest absolute Gasteiger partial charge is 0.373 e. The Balaban J connectivity index is 1.48. The van der Waals surface area contributed by atoms with Crippen LogP contribution in [0.1, 0.15) is 50.7 Å². The Kier molecular flexibility index (Phi) is 7.96. The Morgan fingerprint density at radius 3 is 2.67 bits per heavy atom. The molecule has 2 saturated heterocycles. The van der Waals surface area contributed by atoms with E-state index in [0.29, 0.717) is 12.0 Å². The maximum absolute atomic E-state index is 6.12. The van der Waals surface area contributed by atoms with Crippen molar-refractivity contribution in [3.8, 4) is 0 Å². The first-order chi connectivity index (χ1) is 13.3. The quantitative estimate of drug-likeness (QED) is 0.595. The highest BCUT2D eigenvalue weighted by molar-refractivity contribution is 5.80. The predicted octanol–water partition coefficient (Wildman–Crippen LogP) is 3.19. The Morgan fingerprint density at radius 1 is 1.19 bits per heavy atom. The van der Waals surface area contributed by atoms with Gasteiger partial charge in [0.1, 0.15) is 0 Å². The Labute approximate surface area is 164 Å². The molecular formula is C22H36N4O. The number of guanidine groups is 1. The highest BCUT2D eigenvalue weighted by atomic mass is 16.5. The molecule has 2 N–H and O–H groups in total. The molecule has 2 aliphatic heterocycles. The summed E-state index contributed by atoms with van der Waals surface area (Å²) in [7, 11) is 1.87. The van der Waals surface area contributed by atoms with Gasteiger partial charge in [0.25, 0.3) is 0 Å². The van der Waals surface area contributed by atoms with E-state index in [-0.39, 0.29) is 6.10 Å². The second-order valence-corrected chi connectivity index (χ2v) is 7.82. The molecule has 0 amide bonds. The van der Waals surface area contributed by atoms with Gasteiger partial charge in [-0.15, -0.1) is 0 Å². The van der Waals surface area contributed by atoms with Crippen LogP contribution in [0, 0.1) is 5.92 Å². The maximum Gasteiger partial charge on any atom is 0.191 e. The number of nitrogens with one attached hydrogen (secondary N) is 2. The van der Waals surface area contributed by atoms with E-state index in [0.717, 1.165) is 25.5 Å². The summed E-state index contributed by atoms with van der Waals surface area (Å²) in [5.41, 5.74) is 1.29. The lowest BCUT2D eigenvalue weighted by molar-refractivity contribution is -0.0265. The third-order valence-corrected chi connectivity index (χ3v) is 5.80. The van der Waals surface area contributed by atoms with E-state index in [4.69, 9.17) is 4.74 Å². The van der Waals surface area contributed by atoms with Crippen LogP contribution in [0.25, 0.3) is 0 Å². The smallest absolute Gasteiger partial charge is 0.191 e. The molecule has 2 heterocycles. The Morgan fingerprint density at radius 2 is 1.96 bits per heavy atom. The third-order valence-electron chi connectivity index (χ3n) is 5.80. The molecule has 2 aliphatic rings. The van der Waals surface area contributed by atoms with Crippen molar-refractivity contribution in [2.24, 2.45) is 10.9 Å². The first-order valence-electron chi connectivity index (χ1n) is 10.7. The average Bonchev–Trinajstić information content (AvgIpc) is 2.73. The topological polar surface area (TPSA) is 48.9 Å². The third kappa shape index (κ3) is 5.94. The summed E-state index contributed by atoms with van der Waals surface area (Å²) in [5.74, 6) is 1.41. The number of ether oxygens (including phenoxy) is 1. The number of aliphatic imine (C=N–C) groups is 1. The van der Waals surface area contributed by atoms with Crippen LogP contribution in [0.15, 0.2) is 35.3 Å². The molecule has 0 bridgehead atoms. The van der Waals surface area contributed by atoms with Crippen LogP contribution in [0.5, 0.6) is 0 Å². The van der Waals surface area contributed by atoms with Gasteiger partial charge in [0.15, 0.2) is 5.96 Å². The second-order valence-electron chi connectivity index (χ2n) is 7.82. The number of nitrogens with zero attached hydrogens (tertiary/aromatic N) is 2. The molecule has 3 rings (SSSR count). The van der Waals surface area contributed by atoms with Gasteiger partial charge in [-0.2, -0.15) is 0 Å². The van der Waals surface area contributed by atoms with E-state index in [1.807, 2.05) is 7.05 Å². The van der Waals surface area contributed by atoms with Gasteiger partial charge in [-0.05, 0) is 44.2 Å². The standard InChI is InChI=1S/C22H36N4O/c1-3-13-26-14-11-20(12-15-26)25-22(23-2)24-17-19-10-7-16-27-21(19)18-8-5-4-6-9-18/h4-6,8-9,19-21H,3,7,10-17H2,1-2H3,(H2,23,24,25). The van der Waals surface area contributed by atoms with E-state index in [1.165, 1.54) is 50.9 Å². The average molecular weight is 373 g/mol. The monoisotopic (exact) mass is 372 g/mol. The molecule has 2 unspecified atom stereocenters. The fourth-order valence-corrected chi connectivity index (χ4v) is 4.30. The van der Waals surface area contributed by atoms with Crippen LogP contribution in [0.3, 0.4) is 0 Å². The van der Waals surface area contributed by atoms with Crippen LogP contribution < -0.4 is 10.6 Å². The number of hydrogen-bond donors (Lipinski definition) is 2. The first kappa shape index (κ1) is 20.2. The molecule has 1 aromatic rings. The lowest BCUT2D eigenvalue weighted by Gasteiger charge is -2.34. The van der Waals surface area contributed by atoms with Gasteiger partial charge in [0.05, 0.1) is 6.10 Å². The minimum Gasteiger partial charge on any atom is -0.373 e. The molecule has 1 aromatic carbocycles. The molecule has 27 heavy (non-hydrogen) atoms. The fraction of sp³-hybridized carbons (Fsp3) is 0.682. The van der Waals surface area contributed by atoms with Crippen molar-refractivity contribution >= 4 is 5.96 Å². The molecular weight excluding hydrogens is 336 g/mol. The van der Waals surface area contributed by atoms with Gasteiger partial charge in [0, 0.05) is 45.2 Å². The van der Waals surface area contributed by atoms with Crippen molar-refractivity contribution in [1.29, 1.82) is 0 Å². The van der Waals surface area contributed by atoms with Gasteiger partial charge >= 0.3 is 0 Å². The molecule has 0 radical (unpaired) electrons. The molecule has 2 fully saturated rings. The van der Waals surface area contributed by atoms with Crippen molar-refractivity contribution < 1.29 is 4.74 Å². The van der Waals surface area contributed by atoms with Crippen LogP contribution in [0.4, 0.5) is 0 Å². The number of piperidine rings is 1. The van der Waals surface area contributed by atoms with Crippen molar-refractivity contribution in [2.75, 3.05) is 39.8 Å². The summed E-state index contributed by atoms with van der Waals surface area (Å²) >= 11 is 0. The summed E-state index contributed by atoms with van der Waals surface area (Å²) in [6, 6.07) is 11.2. The highest BCUT2D eigenvalue weighted by Gasteiger charge is 2.27. The zero-order valence-electron chi connectivity index (χ0n) is 17.0. The Hall–Kier alpha value is -1.59. The van der Waals surface area contributed by atoms with E-state index >= 15 is 0 Å². The summed E-state index contributed by atoms with van der Waals surface area (Å²) in [6.45, 7) is 7.62. The minimum atomic E-state index is 0.183. The van der Waals surface area contributed by atoms with Crippen molar-refractivity contribution in [3.05, 3.63) is 35.9 Å². The van der Waals surface area contributed by atoms with E-state index in [9.17, 15) is 0 Å². The van der Waals surface area contributed by atoms with Crippen molar-refractivity contribution in [3.63, 3.8) is 0 Å². The van der Waals surface area contributed by atoms with Crippen molar-refractivity contribution in [2.45, 2.75) is 51.2 Å². The van der Waals surface area contributed by atoms with E-state index < -0.39 is 0 Å². The fourth-order valence-electron chi connectivity index (χ4n) is 4.30. The van der Waals surface area contributed by atoms with Gasteiger partial charge in [0.2, 0.25) is 0 Å². The Bertz CT molecular complexity index is 569. The van der Waals surface area contributed by atoms with Gasteiger partial charge < -0.3 is 20.3 Å². The molecule has 0 spiro atoms. The van der Waals surface area contributed by atoms with Crippen LogP contribution in [-0.4, -0.2) is 56.7 Å². The SMILES string of the molecule is CCCN1CCC(NC(=NC)NCC2CCCOC2c2ccccc2)CC1. The van der Waals surface area contributed by atoms with Crippen LogP contribution >= 0.6 is 0 Å². The summed E-state index contributed by atoms with van der Waals surface area (Å²) < 4.78 is 6.12. The zero-order valence-corrected chi connectivity index (χ0v) is 17.0. The number of rotatable bonds is 6. The number of benzene rings is 1. The summed E-state index contributed by atoms with van der Waals surface area (Å²) in [6.07, 6.45) is 6.15. The molecule has 5 nitrogen and oxygen atoms in total. The van der Waals surface area contributed by atoms with E-state index in [2.05, 4.69) is 57.8 Å². The summed E-state index contributed by atoms with van der Waals surface area (Å²) in [5, 5.41) is 7.20. The van der Waals surface area contributed by atoms with Crippen molar-refractivity contribution in [1.82, 2.24) is 15.5 Å². The number of likely N-dealkylation sites (tertiary alicyclic amines) is 1. The van der Waals surface area contributed by atoms with Gasteiger partial charge in [-0.1, -0.05) is 37.3 Å². The minimum absolute atomic E-state index is 0.183. The lowest BCUT2D eigenvalue weighted by atomic mass is 9.89. The normalized spacial score (nSPS) is 25.3. The highest BCUT2D eigenvalue weighted by Crippen LogP contribution is 2.33. The second kappa shape index (κ2) is 10.7. The molecule has 2 atom stereocenters. The lowest BCUT2D eigenvalue weighted by Crippen LogP contribution is -2.50. The van der Waals surface area contributed by atoms with Crippen LogP contribution in [0.2, 0.25) is 0 Å². The number of hydrogen-bond acceptors (Lipinski definition) is 3. The molecule has 0 aromatic heterocycles. The predicted molar refractivity (Wildman–Crippen MR) is 112 cm³/mol. The first-order valence-corrected chi connectivity index (χ1v) is 10.7. The molecule has 0 aliphatic carbocycles. The van der Waals surface area contributed by atoms with Gasteiger partial charge in [-0.3, -0.25) is 4.99 Å².